The fourth-order valence-electron chi connectivity index (χ4n) is 4.91. The van der Waals surface area contributed by atoms with Crippen molar-refractivity contribution in [2.75, 3.05) is 6.61 Å². The molecule has 5 N–H and O–H groups in total. The first-order valence-corrected chi connectivity index (χ1v) is 14.0. The van der Waals surface area contributed by atoms with Crippen LogP contribution in [0.1, 0.15) is 27.2 Å². The SMILES string of the molecule is Cc1cc(=O)c2c(C)cc(O[C@@H]3O[C@H](COC(=O)c4cc(O)c(O)c(O)c4)[C@@H](O)[C@H](O)[C@H]3OC(=O)/C=C/c3ccccc3)cc2o1. The van der Waals surface area contributed by atoms with E-state index in [0.29, 0.717) is 22.3 Å². The second-order valence-corrected chi connectivity index (χ2v) is 10.6. The van der Waals surface area contributed by atoms with E-state index in [1.165, 1.54) is 24.3 Å². The predicted molar refractivity (Wildman–Crippen MR) is 160 cm³/mol. The lowest BCUT2D eigenvalue weighted by Crippen LogP contribution is -2.61. The summed E-state index contributed by atoms with van der Waals surface area (Å²) < 4.78 is 28.2. The monoisotopic (exact) mass is 634 g/mol. The van der Waals surface area contributed by atoms with Gasteiger partial charge in [0.1, 0.15) is 42.0 Å². The fourth-order valence-corrected chi connectivity index (χ4v) is 4.91. The van der Waals surface area contributed by atoms with E-state index in [-0.39, 0.29) is 22.3 Å². The molecule has 5 atom stereocenters. The van der Waals surface area contributed by atoms with Crippen molar-refractivity contribution in [3.63, 3.8) is 0 Å². The smallest absolute Gasteiger partial charge is 0.338 e. The largest absolute Gasteiger partial charge is 0.504 e. The number of ether oxygens (including phenoxy) is 4. The Kier molecular flexibility index (Phi) is 9.28. The second kappa shape index (κ2) is 13.3. The highest BCUT2D eigenvalue weighted by atomic mass is 16.7. The van der Waals surface area contributed by atoms with Gasteiger partial charge in [0.15, 0.2) is 28.8 Å². The average Bonchev–Trinajstić information content (AvgIpc) is 3.01. The number of aryl methyl sites for hydroxylation is 2. The summed E-state index contributed by atoms with van der Waals surface area (Å²) in [6.07, 6.45) is -5.49. The van der Waals surface area contributed by atoms with Crippen molar-refractivity contribution in [1.82, 2.24) is 0 Å². The zero-order valence-corrected chi connectivity index (χ0v) is 24.5. The number of benzene rings is 3. The van der Waals surface area contributed by atoms with Gasteiger partial charge in [-0.1, -0.05) is 30.3 Å². The quantitative estimate of drug-likeness (QED) is 0.108. The summed E-state index contributed by atoms with van der Waals surface area (Å²) in [7, 11) is 0. The van der Waals surface area contributed by atoms with Crippen LogP contribution in [-0.4, -0.2) is 74.8 Å². The van der Waals surface area contributed by atoms with E-state index in [4.69, 9.17) is 23.4 Å². The van der Waals surface area contributed by atoms with Crippen LogP contribution in [0.3, 0.4) is 0 Å². The molecular weight excluding hydrogens is 604 g/mol. The molecule has 1 saturated heterocycles. The first kappa shape index (κ1) is 32.0. The Morgan fingerprint density at radius 3 is 2.33 bits per heavy atom. The number of esters is 2. The molecule has 13 heteroatoms. The van der Waals surface area contributed by atoms with E-state index in [9.17, 15) is 39.9 Å². The van der Waals surface area contributed by atoms with Crippen molar-refractivity contribution in [3.8, 4) is 23.0 Å². The van der Waals surface area contributed by atoms with Crippen molar-refractivity contribution in [2.24, 2.45) is 0 Å². The van der Waals surface area contributed by atoms with E-state index in [1.54, 1.807) is 38.1 Å². The maximum atomic E-state index is 12.8. The van der Waals surface area contributed by atoms with Crippen molar-refractivity contribution in [1.29, 1.82) is 0 Å². The number of carbonyl (C=O) groups is 2. The maximum absolute atomic E-state index is 12.8. The lowest BCUT2D eigenvalue weighted by atomic mass is 9.99. The number of carbonyl (C=O) groups excluding carboxylic acids is 2. The number of aliphatic hydroxyl groups is 2. The number of rotatable bonds is 8. The van der Waals surface area contributed by atoms with Gasteiger partial charge in [-0.3, -0.25) is 4.79 Å². The molecule has 3 aromatic carbocycles. The third kappa shape index (κ3) is 6.96. The van der Waals surface area contributed by atoms with E-state index in [2.05, 4.69) is 0 Å². The van der Waals surface area contributed by atoms with E-state index in [0.717, 1.165) is 18.2 Å². The minimum Gasteiger partial charge on any atom is -0.504 e. The first-order valence-electron chi connectivity index (χ1n) is 14.0. The highest BCUT2D eigenvalue weighted by molar-refractivity contribution is 5.91. The molecule has 0 saturated carbocycles. The molecule has 1 fully saturated rings. The topological polar surface area (TPSA) is 202 Å². The van der Waals surface area contributed by atoms with Crippen molar-refractivity contribution < 1.29 is 58.5 Å². The van der Waals surface area contributed by atoms with Crippen molar-refractivity contribution in [2.45, 2.75) is 44.6 Å². The van der Waals surface area contributed by atoms with Crippen LogP contribution >= 0.6 is 0 Å². The minimum atomic E-state index is -1.79. The van der Waals surface area contributed by atoms with Gasteiger partial charge in [-0.2, -0.15) is 0 Å². The van der Waals surface area contributed by atoms with Gasteiger partial charge in [0.25, 0.3) is 0 Å². The number of fused-ring (bicyclic) bond motifs is 1. The van der Waals surface area contributed by atoms with Crippen molar-refractivity contribution >= 4 is 29.0 Å². The fraction of sp³-hybridized carbons (Fsp3) is 0.242. The van der Waals surface area contributed by atoms with Crippen molar-refractivity contribution in [3.05, 3.63) is 99.4 Å². The van der Waals surface area contributed by atoms with Crippen LogP contribution in [0.25, 0.3) is 17.0 Å². The molecule has 0 bridgehead atoms. The third-order valence-electron chi connectivity index (χ3n) is 7.17. The Morgan fingerprint density at radius 2 is 1.63 bits per heavy atom. The van der Waals surface area contributed by atoms with Gasteiger partial charge in [0.05, 0.1) is 10.9 Å². The molecular formula is C33H30O13. The predicted octanol–water partition coefficient (Wildman–Crippen LogP) is 2.83. The highest BCUT2D eigenvalue weighted by Gasteiger charge is 2.48. The first-order chi connectivity index (χ1) is 21.9. The number of phenolic OH excluding ortho intramolecular Hbond substituents is 3. The van der Waals surface area contributed by atoms with Crippen LogP contribution in [0.2, 0.25) is 0 Å². The van der Waals surface area contributed by atoms with Gasteiger partial charge in [0.2, 0.25) is 6.29 Å². The molecule has 0 radical (unpaired) electrons. The van der Waals surface area contributed by atoms with Crippen LogP contribution in [0.15, 0.2) is 76.0 Å². The highest BCUT2D eigenvalue weighted by Crippen LogP contribution is 2.36. The van der Waals surface area contributed by atoms with Crippen LogP contribution in [-0.2, 0) is 19.0 Å². The summed E-state index contributed by atoms with van der Waals surface area (Å²) in [5.74, 6) is -3.85. The number of aromatic hydroxyl groups is 3. The molecule has 1 aliphatic heterocycles. The lowest BCUT2D eigenvalue weighted by molar-refractivity contribution is -0.281. The van der Waals surface area contributed by atoms with Crippen LogP contribution in [0.4, 0.5) is 0 Å². The van der Waals surface area contributed by atoms with Gasteiger partial charge < -0.3 is 48.9 Å². The van der Waals surface area contributed by atoms with Crippen LogP contribution in [0, 0.1) is 13.8 Å². The van der Waals surface area contributed by atoms with E-state index in [1.807, 2.05) is 6.07 Å². The molecule has 1 aromatic heterocycles. The molecule has 2 heterocycles. The molecule has 240 valence electrons. The molecule has 13 nitrogen and oxygen atoms in total. The summed E-state index contributed by atoms with van der Waals surface area (Å²) in [6, 6.07) is 14.9. The lowest BCUT2D eigenvalue weighted by Gasteiger charge is -2.41. The molecule has 0 spiro atoms. The van der Waals surface area contributed by atoms with Crippen LogP contribution in [0.5, 0.6) is 23.0 Å². The number of hydrogen-bond donors (Lipinski definition) is 5. The molecule has 0 unspecified atom stereocenters. The maximum Gasteiger partial charge on any atom is 0.338 e. The standard InChI is InChI=1S/C33H30O13/c1-16-10-20(14-24-27(16)21(34)11-17(2)43-24)44-33-31(46-26(37)9-8-18-6-4-3-5-7-18)30(40)29(39)25(45-33)15-42-32(41)19-12-22(35)28(38)23(36)13-19/h3-14,25,29-31,33,35-36,38-40H,15H2,1-2H3/b9-8+/t25-,29-,30+,31-,33-/m1/s1. The van der Waals surface area contributed by atoms with E-state index >= 15 is 0 Å². The van der Waals surface area contributed by atoms with E-state index < -0.39 is 66.5 Å². The van der Waals surface area contributed by atoms with Gasteiger partial charge >= 0.3 is 11.9 Å². The summed E-state index contributed by atoms with van der Waals surface area (Å²) in [5.41, 5.74) is 0.828. The zero-order valence-electron chi connectivity index (χ0n) is 24.5. The average molecular weight is 635 g/mol. The summed E-state index contributed by atoms with van der Waals surface area (Å²) in [4.78, 5) is 37.9. The number of hydrogen-bond acceptors (Lipinski definition) is 13. The van der Waals surface area contributed by atoms with Gasteiger partial charge in [-0.15, -0.1) is 0 Å². The molecule has 0 aliphatic carbocycles. The molecule has 4 aromatic rings. The summed E-state index contributed by atoms with van der Waals surface area (Å²) in [6.45, 7) is 2.62. The third-order valence-corrected chi connectivity index (χ3v) is 7.17. The van der Waals surface area contributed by atoms with Gasteiger partial charge in [-0.05, 0) is 49.2 Å². The second-order valence-electron chi connectivity index (χ2n) is 10.6. The van der Waals surface area contributed by atoms with Gasteiger partial charge in [-0.25, -0.2) is 9.59 Å². The summed E-state index contributed by atoms with van der Waals surface area (Å²) >= 11 is 0. The molecule has 5 rings (SSSR count). The zero-order chi connectivity index (χ0) is 33.1. The summed E-state index contributed by atoms with van der Waals surface area (Å²) in [5, 5.41) is 51.2. The Labute approximate surface area is 261 Å². The number of phenols is 3. The Morgan fingerprint density at radius 1 is 0.935 bits per heavy atom. The van der Waals surface area contributed by atoms with Gasteiger partial charge in [0, 0.05) is 18.2 Å². The minimum absolute atomic E-state index is 0.110. The molecule has 1 aliphatic rings. The number of aliphatic hydroxyl groups excluding tert-OH is 2. The normalized spacial score (nSPS) is 21.3. The molecule has 0 amide bonds. The van der Waals surface area contributed by atoms with Crippen LogP contribution < -0.4 is 10.2 Å². The molecule has 46 heavy (non-hydrogen) atoms. The Balaban J connectivity index is 1.40. The Bertz CT molecular complexity index is 1820. The Hall–Kier alpha value is -5.37.